The molecule has 0 radical (unpaired) electrons. The molecule has 0 bridgehead atoms. The lowest BCUT2D eigenvalue weighted by atomic mass is 9.74. The van der Waals surface area contributed by atoms with Gasteiger partial charge in [0.05, 0.1) is 12.8 Å². The fourth-order valence-corrected chi connectivity index (χ4v) is 2.70. The van der Waals surface area contributed by atoms with Gasteiger partial charge in [-0.1, -0.05) is 13.8 Å². The van der Waals surface area contributed by atoms with Crippen molar-refractivity contribution in [2.45, 2.75) is 26.7 Å². The molecule has 1 saturated heterocycles. The van der Waals surface area contributed by atoms with E-state index in [1.807, 2.05) is 13.8 Å². The topological polar surface area (TPSA) is 50.4 Å². The number of carbonyl (C=O) groups excluding carboxylic acids is 1. The lowest BCUT2D eigenvalue weighted by Crippen LogP contribution is -2.44. The molecule has 116 valence electrons. The SMILES string of the molecule is COc1cc(F)ccc1NC(=O)C(C)(C)C1CCCNC1. The highest BCUT2D eigenvalue weighted by Gasteiger charge is 2.37. The average Bonchev–Trinajstić information content (AvgIpc) is 2.49. The highest BCUT2D eigenvalue weighted by molar-refractivity contribution is 5.96. The smallest absolute Gasteiger partial charge is 0.230 e. The number of methoxy groups -OCH3 is 1. The van der Waals surface area contributed by atoms with Gasteiger partial charge in [-0.05, 0) is 44.0 Å². The molecule has 2 rings (SSSR count). The highest BCUT2D eigenvalue weighted by atomic mass is 19.1. The van der Waals surface area contributed by atoms with Gasteiger partial charge in [0.15, 0.2) is 0 Å². The fraction of sp³-hybridized carbons (Fsp3) is 0.562. The molecule has 5 heteroatoms. The quantitative estimate of drug-likeness (QED) is 0.898. The fourth-order valence-electron chi connectivity index (χ4n) is 2.70. The Labute approximate surface area is 125 Å². The number of amides is 1. The second-order valence-corrected chi connectivity index (χ2v) is 6.06. The van der Waals surface area contributed by atoms with Crippen molar-refractivity contribution in [2.24, 2.45) is 11.3 Å². The molecule has 1 aromatic carbocycles. The van der Waals surface area contributed by atoms with Gasteiger partial charge in [0.25, 0.3) is 0 Å². The van der Waals surface area contributed by atoms with Crippen LogP contribution >= 0.6 is 0 Å². The number of nitrogens with one attached hydrogen (secondary N) is 2. The zero-order chi connectivity index (χ0) is 15.5. The van der Waals surface area contributed by atoms with Crippen molar-refractivity contribution in [1.82, 2.24) is 5.32 Å². The third-order valence-electron chi connectivity index (χ3n) is 4.31. The molecule has 1 aliphatic heterocycles. The maximum atomic E-state index is 13.2. The summed E-state index contributed by atoms with van der Waals surface area (Å²) in [6, 6.07) is 4.11. The molecule has 0 aliphatic carbocycles. The first-order valence-electron chi connectivity index (χ1n) is 7.31. The summed E-state index contributed by atoms with van der Waals surface area (Å²) < 4.78 is 18.3. The van der Waals surface area contributed by atoms with Crippen LogP contribution in [0.5, 0.6) is 5.75 Å². The van der Waals surface area contributed by atoms with Gasteiger partial charge in [-0.3, -0.25) is 4.79 Å². The first-order chi connectivity index (χ1) is 9.95. The number of rotatable bonds is 4. The highest BCUT2D eigenvalue weighted by Crippen LogP contribution is 2.34. The molecular weight excluding hydrogens is 271 g/mol. The summed E-state index contributed by atoms with van der Waals surface area (Å²) in [4.78, 5) is 12.6. The Kier molecular flexibility index (Phi) is 4.83. The summed E-state index contributed by atoms with van der Waals surface area (Å²) in [5, 5.41) is 6.20. The predicted molar refractivity (Wildman–Crippen MR) is 81.0 cm³/mol. The van der Waals surface area contributed by atoms with E-state index in [2.05, 4.69) is 10.6 Å². The van der Waals surface area contributed by atoms with Crippen molar-refractivity contribution < 1.29 is 13.9 Å². The molecule has 0 spiro atoms. The Hall–Kier alpha value is -1.62. The zero-order valence-corrected chi connectivity index (χ0v) is 12.8. The van der Waals surface area contributed by atoms with E-state index in [1.54, 1.807) is 0 Å². The van der Waals surface area contributed by atoms with Crippen LogP contribution in [0.4, 0.5) is 10.1 Å². The van der Waals surface area contributed by atoms with Crippen LogP contribution in [0.3, 0.4) is 0 Å². The van der Waals surface area contributed by atoms with E-state index in [-0.39, 0.29) is 17.6 Å². The van der Waals surface area contributed by atoms with Crippen LogP contribution in [0, 0.1) is 17.2 Å². The number of ether oxygens (including phenoxy) is 1. The molecule has 21 heavy (non-hydrogen) atoms. The second kappa shape index (κ2) is 6.43. The first-order valence-corrected chi connectivity index (χ1v) is 7.31. The molecule has 0 saturated carbocycles. The Morgan fingerprint density at radius 1 is 1.48 bits per heavy atom. The molecule has 1 aromatic rings. The Balaban J connectivity index is 2.13. The Morgan fingerprint density at radius 2 is 2.24 bits per heavy atom. The lowest BCUT2D eigenvalue weighted by molar-refractivity contribution is -0.127. The van der Waals surface area contributed by atoms with Crippen molar-refractivity contribution in [3.8, 4) is 5.75 Å². The Morgan fingerprint density at radius 3 is 2.86 bits per heavy atom. The van der Waals surface area contributed by atoms with E-state index in [4.69, 9.17) is 4.74 Å². The van der Waals surface area contributed by atoms with E-state index in [1.165, 1.54) is 25.3 Å². The minimum atomic E-state index is -0.493. The number of carbonyl (C=O) groups is 1. The summed E-state index contributed by atoms with van der Waals surface area (Å²) in [7, 11) is 1.46. The monoisotopic (exact) mass is 294 g/mol. The van der Waals surface area contributed by atoms with Crippen molar-refractivity contribution in [3.05, 3.63) is 24.0 Å². The van der Waals surface area contributed by atoms with Crippen molar-refractivity contribution >= 4 is 11.6 Å². The molecule has 1 heterocycles. The molecule has 4 nitrogen and oxygen atoms in total. The summed E-state index contributed by atoms with van der Waals surface area (Å²) in [5.74, 6) is 0.167. The van der Waals surface area contributed by atoms with Crippen molar-refractivity contribution in [2.75, 3.05) is 25.5 Å². The first kappa shape index (κ1) is 15.8. The molecule has 0 aromatic heterocycles. The number of hydrogen-bond acceptors (Lipinski definition) is 3. The summed E-state index contributed by atoms with van der Waals surface area (Å²) >= 11 is 0. The van der Waals surface area contributed by atoms with Gasteiger partial charge in [-0.15, -0.1) is 0 Å². The molecular formula is C16H23FN2O2. The van der Waals surface area contributed by atoms with E-state index in [0.717, 1.165) is 25.9 Å². The Bertz CT molecular complexity index is 511. The molecule has 1 atom stereocenters. The van der Waals surface area contributed by atoms with E-state index >= 15 is 0 Å². The van der Waals surface area contributed by atoms with E-state index in [0.29, 0.717) is 11.4 Å². The number of hydrogen-bond donors (Lipinski definition) is 2. The minimum absolute atomic E-state index is 0.0684. The third-order valence-corrected chi connectivity index (χ3v) is 4.31. The van der Waals surface area contributed by atoms with Crippen LogP contribution in [0.2, 0.25) is 0 Å². The summed E-state index contributed by atoms with van der Waals surface area (Å²) in [6.45, 7) is 5.77. The summed E-state index contributed by atoms with van der Waals surface area (Å²) in [6.07, 6.45) is 2.12. The van der Waals surface area contributed by atoms with Crippen molar-refractivity contribution in [1.29, 1.82) is 0 Å². The standard InChI is InChI=1S/C16H23FN2O2/c1-16(2,11-5-4-8-18-10-11)15(20)19-13-7-6-12(17)9-14(13)21-3/h6-7,9,11,18H,4-5,8,10H2,1-3H3,(H,19,20). The van der Waals surface area contributed by atoms with Gasteiger partial charge in [0.1, 0.15) is 11.6 Å². The maximum Gasteiger partial charge on any atom is 0.230 e. The van der Waals surface area contributed by atoms with Gasteiger partial charge < -0.3 is 15.4 Å². The number of benzene rings is 1. The lowest BCUT2D eigenvalue weighted by Gasteiger charge is -2.36. The van der Waals surface area contributed by atoms with E-state index in [9.17, 15) is 9.18 Å². The molecule has 1 amide bonds. The van der Waals surface area contributed by atoms with Gasteiger partial charge >= 0.3 is 0 Å². The molecule has 1 unspecified atom stereocenters. The maximum absolute atomic E-state index is 13.2. The van der Waals surface area contributed by atoms with Gasteiger partial charge in [0, 0.05) is 11.5 Å². The van der Waals surface area contributed by atoms with Gasteiger partial charge in [-0.25, -0.2) is 4.39 Å². The summed E-state index contributed by atoms with van der Waals surface area (Å²) in [5.41, 5.74) is 0.00745. The van der Waals surface area contributed by atoms with Crippen LogP contribution in [-0.4, -0.2) is 26.1 Å². The van der Waals surface area contributed by atoms with Crippen LogP contribution in [-0.2, 0) is 4.79 Å². The second-order valence-electron chi connectivity index (χ2n) is 6.06. The number of anilines is 1. The average molecular weight is 294 g/mol. The van der Waals surface area contributed by atoms with E-state index < -0.39 is 5.41 Å². The van der Waals surface area contributed by atoms with Crippen LogP contribution in [0.1, 0.15) is 26.7 Å². The van der Waals surface area contributed by atoms with Crippen LogP contribution in [0.15, 0.2) is 18.2 Å². The normalized spacial score (nSPS) is 19.1. The largest absolute Gasteiger partial charge is 0.494 e. The van der Waals surface area contributed by atoms with Crippen LogP contribution in [0.25, 0.3) is 0 Å². The molecule has 2 N–H and O–H groups in total. The number of piperidine rings is 1. The van der Waals surface area contributed by atoms with Gasteiger partial charge in [0.2, 0.25) is 5.91 Å². The molecule has 1 aliphatic rings. The van der Waals surface area contributed by atoms with Gasteiger partial charge in [-0.2, -0.15) is 0 Å². The number of halogens is 1. The van der Waals surface area contributed by atoms with Crippen LogP contribution < -0.4 is 15.4 Å². The zero-order valence-electron chi connectivity index (χ0n) is 12.8. The predicted octanol–water partition coefficient (Wildman–Crippen LogP) is 2.80. The van der Waals surface area contributed by atoms with Crippen molar-refractivity contribution in [3.63, 3.8) is 0 Å². The third kappa shape index (κ3) is 3.53. The minimum Gasteiger partial charge on any atom is -0.494 e. The molecule has 1 fully saturated rings.